The average molecular weight is 1080 g/mol. The fraction of sp³-hybridized carbons (Fsp3) is 0.562. The molecule has 4 rings (SSSR count). The van der Waals surface area contributed by atoms with E-state index >= 15 is 0 Å². The number of carboxylic acid groups (broad SMARTS) is 2. The van der Waals surface area contributed by atoms with Crippen LogP contribution in [0.2, 0.25) is 0 Å². The summed E-state index contributed by atoms with van der Waals surface area (Å²) in [5.74, 6) is -5.05. The smallest absolute Gasteiger partial charge is 0.545 e. The van der Waals surface area contributed by atoms with Crippen molar-refractivity contribution in [3.05, 3.63) is 105 Å². The van der Waals surface area contributed by atoms with Crippen molar-refractivity contribution >= 4 is 34.7 Å². The van der Waals surface area contributed by atoms with Crippen LogP contribution in [0.1, 0.15) is 251 Å². The maximum atomic E-state index is 10.7. The molecule has 0 saturated heterocycles. The molecule has 0 saturated carbocycles. The molecule has 4 aromatic carbocycles. The number of hydrogen-bond acceptors (Lipinski definition) is 10. The number of aromatic hydroxyl groups is 4. The van der Waals surface area contributed by atoms with Gasteiger partial charge in [0.25, 0.3) is 0 Å². The minimum Gasteiger partial charge on any atom is -0.545 e. The van der Waals surface area contributed by atoms with E-state index in [1.807, 2.05) is 13.8 Å². The van der Waals surface area contributed by atoms with Gasteiger partial charge in [0.15, 0.2) is 23.0 Å². The Balaban J connectivity index is 0.000000780. The molecule has 11 heteroatoms. The largest absolute Gasteiger partial charge is 2.00 e. The van der Waals surface area contributed by atoms with Crippen LogP contribution >= 0.6 is 0 Å². The fourth-order valence-corrected chi connectivity index (χ4v) is 9.07. The molecule has 0 radical (unpaired) electrons. The molecular weight excluding hydrogens is 983 g/mol. The summed E-state index contributed by atoms with van der Waals surface area (Å²) >= 11 is 0. The molecule has 0 aliphatic heterocycles. The van der Waals surface area contributed by atoms with Gasteiger partial charge in [-0.05, 0) is 160 Å². The number of nitrogens with zero attached hydrogens (tertiary/aromatic N) is 2. The summed E-state index contributed by atoms with van der Waals surface area (Å²) in [7, 11) is 0. The van der Waals surface area contributed by atoms with Gasteiger partial charge in [0.2, 0.25) is 0 Å². The molecule has 0 aromatic heterocycles. The summed E-state index contributed by atoms with van der Waals surface area (Å²) in [6, 6.07) is 20.0. The van der Waals surface area contributed by atoms with Gasteiger partial charge in [-0.15, -0.1) is 0 Å². The van der Waals surface area contributed by atoms with E-state index in [1.54, 1.807) is 0 Å². The van der Waals surface area contributed by atoms with Crippen LogP contribution in [-0.2, 0) is 55.0 Å². The molecule has 0 atom stereocenters. The molecular formula is C64H94N2NiO8. The van der Waals surface area contributed by atoms with Gasteiger partial charge in [0.1, 0.15) is 0 Å². The number of aryl methyl sites for hydroxylation is 6. The zero-order chi connectivity index (χ0) is 54.7. The van der Waals surface area contributed by atoms with E-state index < -0.39 is 34.9 Å². The third kappa shape index (κ3) is 26.0. The van der Waals surface area contributed by atoms with Gasteiger partial charge in [-0.1, -0.05) is 170 Å². The Morgan fingerprint density at radius 2 is 0.693 bits per heavy atom. The summed E-state index contributed by atoms with van der Waals surface area (Å²) in [6.45, 7) is 17.6. The molecule has 0 amide bonds. The van der Waals surface area contributed by atoms with Gasteiger partial charge in [0, 0.05) is 11.1 Å². The summed E-state index contributed by atoms with van der Waals surface area (Å²) < 4.78 is 0. The van der Waals surface area contributed by atoms with E-state index in [-0.39, 0.29) is 27.6 Å². The van der Waals surface area contributed by atoms with Crippen LogP contribution in [0.25, 0.3) is 0 Å². The quantitative estimate of drug-likeness (QED) is 0.0157. The SMILES string of the molecule is CCCCCCC(=Nc1cc(CCCCC)cc(CCCCC)c1)C(CCCC)=Nc1cc(CCCCC)cc(CCCCC)c1.CCCc1ccc(O)c(O)c1C(=O)[O-].CCCc1ccc(O)c(O)c1C(=O)[O-].[Ni+2]. The number of carbonyl (C=O) groups excluding carboxylic acids is 2. The number of unbranched alkanes of at least 4 members (excludes halogenated alkanes) is 12. The molecule has 75 heavy (non-hydrogen) atoms. The van der Waals surface area contributed by atoms with Gasteiger partial charge in [-0.25, -0.2) is 0 Å². The van der Waals surface area contributed by atoms with Gasteiger partial charge < -0.3 is 40.2 Å². The van der Waals surface area contributed by atoms with Crippen molar-refractivity contribution in [1.29, 1.82) is 0 Å². The number of carbonyl (C=O) groups is 2. The Morgan fingerprint density at radius 3 is 0.987 bits per heavy atom. The van der Waals surface area contributed by atoms with E-state index in [2.05, 4.69) is 77.9 Å². The molecule has 0 unspecified atom stereocenters. The second kappa shape index (κ2) is 40.2. The zero-order valence-corrected chi connectivity index (χ0v) is 48.2. The van der Waals surface area contributed by atoms with E-state index in [9.17, 15) is 30.0 Å². The molecule has 0 fully saturated rings. The van der Waals surface area contributed by atoms with E-state index in [0.717, 1.165) is 69.2 Å². The fourth-order valence-electron chi connectivity index (χ4n) is 9.07. The first-order valence-corrected chi connectivity index (χ1v) is 28.6. The Kier molecular flexibility index (Phi) is 36.3. The van der Waals surface area contributed by atoms with E-state index in [4.69, 9.17) is 20.2 Å². The molecule has 0 aliphatic rings. The van der Waals surface area contributed by atoms with Crippen molar-refractivity contribution in [3.8, 4) is 23.0 Å². The molecule has 0 bridgehead atoms. The van der Waals surface area contributed by atoms with Gasteiger partial charge in [-0.3, -0.25) is 9.98 Å². The maximum absolute atomic E-state index is 10.7. The van der Waals surface area contributed by atoms with Crippen LogP contribution < -0.4 is 10.2 Å². The van der Waals surface area contributed by atoms with Gasteiger partial charge in [0.05, 0.1) is 34.7 Å². The topological polar surface area (TPSA) is 186 Å². The van der Waals surface area contributed by atoms with E-state index in [1.165, 1.54) is 167 Å². The summed E-state index contributed by atoms with van der Waals surface area (Å²) in [5.41, 5.74) is 11.0. The Hall–Kier alpha value is -5.15. The van der Waals surface area contributed by atoms with Crippen molar-refractivity contribution in [2.24, 2.45) is 9.98 Å². The third-order valence-electron chi connectivity index (χ3n) is 13.2. The number of aromatic carboxylic acids is 2. The second-order valence-electron chi connectivity index (χ2n) is 19.9. The number of benzene rings is 4. The number of hydrogen-bond donors (Lipinski definition) is 4. The third-order valence-corrected chi connectivity index (χ3v) is 13.2. The van der Waals surface area contributed by atoms with Crippen molar-refractivity contribution in [2.75, 3.05) is 0 Å². The number of phenols is 4. The monoisotopic (exact) mass is 1080 g/mol. The molecule has 4 aromatic rings. The Morgan fingerprint density at radius 1 is 0.387 bits per heavy atom. The van der Waals surface area contributed by atoms with Crippen LogP contribution in [0, 0.1) is 0 Å². The van der Waals surface area contributed by atoms with Crippen molar-refractivity contribution in [3.63, 3.8) is 0 Å². The minimum atomic E-state index is -1.47. The van der Waals surface area contributed by atoms with Gasteiger partial charge >= 0.3 is 16.5 Å². The molecule has 0 heterocycles. The zero-order valence-electron chi connectivity index (χ0n) is 47.2. The first-order chi connectivity index (χ1) is 35.7. The molecule has 10 nitrogen and oxygen atoms in total. The summed E-state index contributed by atoms with van der Waals surface area (Å²) in [6.07, 6.45) is 31.9. The Bertz CT molecular complexity index is 2190. The Labute approximate surface area is 462 Å². The molecule has 0 spiro atoms. The van der Waals surface area contributed by atoms with Crippen LogP contribution in [-0.4, -0.2) is 43.8 Å². The minimum absolute atomic E-state index is 0. The molecule has 0 aliphatic carbocycles. The first kappa shape index (κ1) is 67.9. The number of carboxylic acids is 2. The van der Waals surface area contributed by atoms with Crippen molar-refractivity contribution in [2.45, 2.75) is 235 Å². The average Bonchev–Trinajstić information content (AvgIpc) is 3.37. The standard InChI is InChI=1S/C44H72N2.2C10H12O4.Ni/c1-7-13-19-24-30-44(46-42-35-39(27-22-16-10-4)32-40(36-42)28-23-17-11-5)43(29-18-12-6)45-41-33-37(25-20-14-8-2)31-38(34-41)26-21-15-9-3;2*1-2-3-6-4-5-7(11)9(12)8(6)10(13)14;/h31-36H,7-30H2,1-6H3;2*4-5,11-12H,2-3H2,1H3,(H,13,14);/q;;;+2/p-2. The molecule has 418 valence electrons. The predicted octanol–water partition coefficient (Wildman–Crippen LogP) is 15.4. The molecule has 4 N–H and O–H groups in total. The second-order valence-corrected chi connectivity index (χ2v) is 19.9. The number of phenolic OH excluding ortho intramolecular Hbond substituents is 2. The van der Waals surface area contributed by atoms with Crippen molar-refractivity contribution < 1.29 is 56.7 Å². The number of rotatable bonds is 33. The number of aliphatic imine (C=N–C) groups is 2. The van der Waals surface area contributed by atoms with Crippen LogP contribution in [0.4, 0.5) is 11.4 Å². The van der Waals surface area contributed by atoms with Crippen LogP contribution in [0.3, 0.4) is 0 Å². The van der Waals surface area contributed by atoms with Gasteiger partial charge in [-0.2, -0.15) is 0 Å². The van der Waals surface area contributed by atoms with Crippen LogP contribution in [0.15, 0.2) is 70.6 Å². The van der Waals surface area contributed by atoms with E-state index in [0.29, 0.717) is 24.0 Å². The van der Waals surface area contributed by atoms with Crippen molar-refractivity contribution in [1.82, 2.24) is 0 Å². The predicted molar refractivity (Wildman–Crippen MR) is 304 cm³/mol. The summed E-state index contributed by atoms with van der Waals surface area (Å²) in [5, 5.41) is 58.2. The van der Waals surface area contributed by atoms with Crippen LogP contribution in [0.5, 0.6) is 23.0 Å². The normalized spacial score (nSPS) is 11.3. The summed E-state index contributed by atoms with van der Waals surface area (Å²) in [4.78, 5) is 32.4. The maximum Gasteiger partial charge on any atom is 2.00 e. The first-order valence-electron chi connectivity index (χ1n) is 28.6.